The largest absolute Gasteiger partial charge is 0.343 e. The molecule has 31 heavy (non-hydrogen) atoms. The van der Waals surface area contributed by atoms with E-state index in [1.807, 2.05) is 56.0 Å². The molecule has 0 unspecified atom stereocenters. The number of urea groups is 1. The number of benzene rings is 1. The van der Waals surface area contributed by atoms with Gasteiger partial charge in [0.1, 0.15) is 0 Å². The van der Waals surface area contributed by atoms with Crippen LogP contribution < -0.4 is 5.32 Å². The molecule has 1 N–H and O–H groups in total. The van der Waals surface area contributed by atoms with Crippen LogP contribution >= 0.6 is 11.3 Å². The number of aromatic nitrogens is 1. The number of carbonyl (C=O) groups is 2. The zero-order valence-electron chi connectivity index (χ0n) is 18.2. The highest BCUT2D eigenvalue weighted by Crippen LogP contribution is 2.21. The van der Waals surface area contributed by atoms with Crippen LogP contribution in [0.1, 0.15) is 32.2 Å². The summed E-state index contributed by atoms with van der Waals surface area (Å²) in [5.74, 6) is 0.0456. The second kappa shape index (κ2) is 8.98. The maximum atomic E-state index is 13.2. The average molecular weight is 437 g/mol. The van der Waals surface area contributed by atoms with Gasteiger partial charge in [0.2, 0.25) is 0 Å². The monoisotopic (exact) mass is 436 g/mol. The molecule has 3 heterocycles. The quantitative estimate of drug-likeness (QED) is 0.654. The van der Waals surface area contributed by atoms with Crippen molar-refractivity contribution in [1.29, 1.82) is 0 Å². The molecule has 7 heteroatoms. The third kappa shape index (κ3) is 4.66. The van der Waals surface area contributed by atoms with E-state index in [9.17, 15) is 9.59 Å². The predicted octanol–water partition coefficient (Wildman–Crippen LogP) is 4.51. The summed E-state index contributed by atoms with van der Waals surface area (Å²) < 4.78 is 2.20. The lowest BCUT2D eigenvalue weighted by Gasteiger charge is -2.34. The van der Waals surface area contributed by atoms with Crippen molar-refractivity contribution in [2.45, 2.75) is 27.3 Å². The number of thiophene rings is 1. The number of nitrogens with zero attached hydrogens (tertiary/aromatic N) is 3. The molecule has 1 saturated heterocycles. The number of hydrogen-bond acceptors (Lipinski definition) is 3. The van der Waals surface area contributed by atoms with Crippen LogP contribution in [-0.2, 0) is 6.54 Å². The van der Waals surface area contributed by atoms with Crippen LogP contribution in [0.15, 0.2) is 47.8 Å². The zero-order chi connectivity index (χ0) is 22.0. The minimum atomic E-state index is -0.119. The number of amides is 3. The first-order chi connectivity index (χ1) is 14.9. The zero-order valence-corrected chi connectivity index (χ0v) is 19.0. The Morgan fingerprint density at radius 2 is 1.71 bits per heavy atom. The Bertz CT molecular complexity index is 1080. The molecule has 3 amide bonds. The number of nitrogens with one attached hydrogen (secondary N) is 1. The Balaban J connectivity index is 1.37. The normalized spacial score (nSPS) is 14.0. The van der Waals surface area contributed by atoms with Gasteiger partial charge in [0, 0.05) is 48.1 Å². The second-order valence-corrected chi connectivity index (χ2v) is 9.06. The van der Waals surface area contributed by atoms with Gasteiger partial charge in [-0.15, -0.1) is 11.3 Å². The molecular weight excluding hydrogens is 408 g/mol. The molecule has 1 aliphatic rings. The first-order valence-corrected chi connectivity index (χ1v) is 11.4. The van der Waals surface area contributed by atoms with Crippen LogP contribution in [-0.4, -0.2) is 52.5 Å². The van der Waals surface area contributed by atoms with Crippen LogP contribution in [0.2, 0.25) is 0 Å². The summed E-state index contributed by atoms with van der Waals surface area (Å²) in [5.41, 5.74) is 4.74. The molecule has 0 aliphatic carbocycles. The van der Waals surface area contributed by atoms with Gasteiger partial charge in [-0.1, -0.05) is 18.2 Å². The first-order valence-electron chi connectivity index (χ1n) is 10.5. The van der Waals surface area contributed by atoms with Gasteiger partial charge in [-0.25, -0.2) is 4.79 Å². The van der Waals surface area contributed by atoms with Crippen molar-refractivity contribution in [1.82, 2.24) is 14.4 Å². The molecule has 1 fully saturated rings. The van der Waals surface area contributed by atoms with E-state index in [2.05, 4.69) is 27.4 Å². The smallest absolute Gasteiger partial charge is 0.321 e. The van der Waals surface area contributed by atoms with Crippen LogP contribution in [0.5, 0.6) is 0 Å². The Morgan fingerprint density at radius 3 is 2.39 bits per heavy atom. The SMILES string of the molecule is Cc1cccc(NC(=O)N2CCN(C(=O)c3cc(C)n(Cc4cccs4)c3C)CC2)c1. The molecule has 162 valence electrons. The summed E-state index contributed by atoms with van der Waals surface area (Å²) in [6, 6.07) is 13.8. The maximum absolute atomic E-state index is 13.2. The maximum Gasteiger partial charge on any atom is 0.321 e. The van der Waals surface area contributed by atoms with Gasteiger partial charge < -0.3 is 19.7 Å². The third-order valence-corrected chi connectivity index (χ3v) is 6.68. The molecule has 0 bridgehead atoms. The fourth-order valence-corrected chi connectivity index (χ4v) is 4.72. The fourth-order valence-electron chi connectivity index (χ4n) is 4.03. The van der Waals surface area contributed by atoms with Gasteiger partial charge >= 0.3 is 6.03 Å². The van der Waals surface area contributed by atoms with Gasteiger partial charge in [-0.2, -0.15) is 0 Å². The lowest BCUT2D eigenvalue weighted by atomic mass is 10.2. The Morgan fingerprint density at radius 1 is 0.968 bits per heavy atom. The van der Waals surface area contributed by atoms with Crippen molar-refractivity contribution in [2.24, 2.45) is 0 Å². The van der Waals surface area contributed by atoms with Crippen molar-refractivity contribution in [3.8, 4) is 0 Å². The molecule has 2 aromatic heterocycles. The van der Waals surface area contributed by atoms with E-state index < -0.39 is 0 Å². The highest BCUT2D eigenvalue weighted by Gasteiger charge is 2.27. The number of anilines is 1. The van der Waals surface area contributed by atoms with Crippen LogP contribution in [0.25, 0.3) is 0 Å². The number of carbonyl (C=O) groups excluding carboxylic acids is 2. The molecule has 0 spiro atoms. The van der Waals surface area contributed by atoms with Crippen LogP contribution in [0.3, 0.4) is 0 Å². The molecule has 0 atom stereocenters. The summed E-state index contributed by atoms with van der Waals surface area (Å²) in [4.78, 5) is 30.7. The topological polar surface area (TPSA) is 57.6 Å². The molecule has 1 aromatic carbocycles. The van der Waals surface area contributed by atoms with E-state index in [0.717, 1.165) is 34.7 Å². The first kappa shape index (κ1) is 21.2. The Kier molecular flexibility index (Phi) is 6.13. The van der Waals surface area contributed by atoms with E-state index in [4.69, 9.17) is 0 Å². The van der Waals surface area contributed by atoms with Gasteiger partial charge in [0.15, 0.2) is 0 Å². The molecule has 0 radical (unpaired) electrons. The minimum Gasteiger partial charge on any atom is -0.343 e. The van der Waals surface area contributed by atoms with Gasteiger partial charge in [-0.3, -0.25) is 4.79 Å². The second-order valence-electron chi connectivity index (χ2n) is 8.03. The fraction of sp³-hybridized carbons (Fsp3) is 0.333. The number of aryl methyl sites for hydroxylation is 2. The van der Waals surface area contributed by atoms with Gasteiger partial charge in [0.05, 0.1) is 12.1 Å². The molecule has 0 saturated carbocycles. The summed E-state index contributed by atoms with van der Waals surface area (Å²) in [6.07, 6.45) is 0. The third-order valence-electron chi connectivity index (χ3n) is 5.82. The number of rotatable bonds is 4. The number of piperazine rings is 1. The molecular formula is C24H28N4O2S. The van der Waals surface area contributed by atoms with Crippen molar-refractivity contribution in [3.05, 3.63) is 75.2 Å². The lowest BCUT2D eigenvalue weighted by molar-refractivity contribution is 0.0671. The lowest BCUT2D eigenvalue weighted by Crippen LogP contribution is -2.51. The van der Waals surface area contributed by atoms with E-state index >= 15 is 0 Å². The summed E-state index contributed by atoms with van der Waals surface area (Å²) >= 11 is 1.73. The van der Waals surface area contributed by atoms with Gasteiger partial charge in [-0.05, 0) is 56.0 Å². The van der Waals surface area contributed by atoms with E-state index in [1.54, 1.807) is 16.2 Å². The minimum absolute atomic E-state index is 0.0456. The van der Waals surface area contributed by atoms with Crippen LogP contribution in [0.4, 0.5) is 10.5 Å². The van der Waals surface area contributed by atoms with E-state index in [-0.39, 0.29) is 11.9 Å². The van der Waals surface area contributed by atoms with Crippen molar-refractivity contribution in [2.75, 3.05) is 31.5 Å². The Hall–Kier alpha value is -3.06. The highest BCUT2D eigenvalue weighted by molar-refractivity contribution is 7.09. The molecule has 3 aromatic rings. The molecule has 6 nitrogen and oxygen atoms in total. The van der Waals surface area contributed by atoms with Crippen molar-refractivity contribution < 1.29 is 9.59 Å². The van der Waals surface area contributed by atoms with Crippen LogP contribution in [0, 0.1) is 20.8 Å². The number of hydrogen-bond donors (Lipinski definition) is 1. The Labute approximate surface area is 187 Å². The standard InChI is InChI=1S/C24H28N4O2S/c1-17-6-4-7-20(14-17)25-24(30)27-11-9-26(10-12-27)23(29)22-15-18(2)28(19(22)3)16-21-8-5-13-31-21/h4-8,13-15H,9-12,16H2,1-3H3,(H,25,30). The van der Waals surface area contributed by atoms with E-state index in [0.29, 0.717) is 26.2 Å². The van der Waals surface area contributed by atoms with E-state index in [1.165, 1.54) is 4.88 Å². The molecule has 1 aliphatic heterocycles. The average Bonchev–Trinajstić information content (AvgIpc) is 3.37. The summed E-state index contributed by atoms with van der Waals surface area (Å²) in [7, 11) is 0. The summed E-state index contributed by atoms with van der Waals surface area (Å²) in [5, 5.41) is 5.02. The van der Waals surface area contributed by atoms with Crippen molar-refractivity contribution in [3.63, 3.8) is 0 Å². The predicted molar refractivity (Wildman–Crippen MR) is 125 cm³/mol. The highest BCUT2D eigenvalue weighted by atomic mass is 32.1. The summed E-state index contributed by atoms with van der Waals surface area (Å²) in [6.45, 7) is 8.97. The van der Waals surface area contributed by atoms with Gasteiger partial charge in [0.25, 0.3) is 5.91 Å². The van der Waals surface area contributed by atoms with Crippen molar-refractivity contribution >= 4 is 29.0 Å². The molecule has 4 rings (SSSR count).